The molecule has 0 aliphatic rings. The summed E-state index contributed by atoms with van der Waals surface area (Å²) in [6.07, 6.45) is 3.82. The number of H-pyrrole nitrogens is 1. The van der Waals surface area contributed by atoms with Gasteiger partial charge in [0, 0.05) is 17.8 Å². The summed E-state index contributed by atoms with van der Waals surface area (Å²) < 4.78 is 27.5. The number of aryl methyl sites for hydroxylation is 1. The molecule has 0 unspecified atom stereocenters. The predicted octanol–water partition coefficient (Wildman–Crippen LogP) is 1.38. The molecule has 0 bridgehead atoms. The van der Waals surface area contributed by atoms with Crippen molar-refractivity contribution in [3.05, 3.63) is 11.4 Å². The van der Waals surface area contributed by atoms with Gasteiger partial charge < -0.3 is 5.73 Å². The van der Waals surface area contributed by atoms with E-state index in [4.69, 9.17) is 5.73 Å². The van der Waals surface area contributed by atoms with Crippen molar-refractivity contribution in [3.8, 4) is 0 Å². The normalized spacial score (nSPS) is 12.8. The first-order valence-corrected chi connectivity index (χ1v) is 9.35. The average Bonchev–Trinajstić information content (AvgIpc) is 2.83. The number of nitrogens with two attached hydrogens (primary N) is 1. The van der Waals surface area contributed by atoms with Gasteiger partial charge in [-0.25, -0.2) is 13.1 Å². The van der Waals surface area contributed by atoms with E-state index in [1.165, 1.54) is 0 Å². The Labute approximate surface area is 125 Å². The van der Waals surface area contributed by atoms with Crippen molar-refractivity contribution in [1.82, 2.24) is 14.9 Å². The van der Waals surface area contributed by atoms with Gasteiger partial charge in [-0.3, -0.25) is 5.10 Å². The second-order valence-electron chi connectivity index (χ2n) is 4.75. The van der Waals surface area contributed by atoms with Crippen LogP contribution in [0.5, 0.6) is 0 Å². The summed E-state index contributed by atoms with van der Waals surface area (Å²) in [4.78, 5) is 0.183. The second kappa shape index (κ2) is 6.93. The Morgan fingerprint density at radius 1 is 1.40 bits per heavy atom. The Balaban J connectivity index is 2.99. The first-order chi connectivity index (χ1) is 9.35. The Bertz CT molecular complexity index is 527. The highest BCUT2D eigenvalue weighted by Gasteiger charge is 2.30. The van der Waals surface area contributed by atoms with E-state index < -0.39 is 10.0 Å². The van der Waals surface area contributed by atoms with Gasteiger partial charge in [-0.15, -0.1) is 0 Å². The van der Waals surface area contributed by atoms with Gasteiger partial charge in [0.05, 0.1) is 11.4 Å². The molecule has 0 atom stereocenters. The second-order valence-corrected chi connectivity index (χ2v) is 7.73. The molecule has 1 aromatic rings. The fraction of sp³-hybridized carbons (Fsp3) is 0.750. The molecular weight excluding hydrogens is 296 g/mol. The number of aromatic amines is 1. The van der Waals surface area contributed by atoms with Gasteiger partial charge in [-0.05, 0) is 26.0 Å². The number of sulfonamides is 1. The van der Waals surface area contributed by atoms with Crippen molar-refractivity contribution < 1.29 is 8.42 Å². The third kappa shape index (κ3) is 3.55. The zero-order chi connectivity index (χ0) is 15.4. The summed E-state index contributed by atoms with van der Waals surface area (Å²) >= 11 is 1.69. The summed E-state index contributed by atoms with van der Waals surface area (Å²) in [6, 6.07) is 0. The highest BCUT2D eigenvalue weighted by Crippen LogP contribution is 2.30. The van der Waals surface area contributed by atoms with Crippen LogP contribution in [0.4, 0.5) is 0 Å². The van der Waals surface area contributed by atoms with Gasteiger partial charge in [-0.1, -0.05) is 13.8 Å². The van der Waals surface area contributed by atoms with Crippen LogP contribution >= 0.6 is 11.8 Å². The molecule has 20 heavy (non-hydrogen) atoms. The number of hydrogen-bond donors (Lipinski definition) is 3. The van der Waals surface area contributed by atoms with Crippen LogP contribution in [-0.4, -0.2) is 36.2 Å². The fourth-order valence-corrected chi connectivity index (χ4v) is 4.51. The van der Waals surface area contributed by atoms with Gasteiger partial charge in [-0.2, -0.15) is 16.9 Å². The summed E-state index contributed by atoms with van der Waals surface area (Å²) in [5, 5.41) is 6.61. The van der Waals surface area contributed by atoms with E-state index in [-0.39, 0.29) is 16.2 Å². The number of rotatable bonds is 8. The molecule has 6 nitrogen and oxygen atoms in total. The van der Waals surface area contributed by atoms with Crippen molar-refractivity contribution in [2.24, 2.45) is 5.73 Å². The smallest absolute Gasteiger partial charge is 0.244 e. The van der Waals surface area contributed by atoms with E-state index in [1.807, 2.05) is 6.26 Å². The number of aromatic nitrogens is 2. The van der Waals surface area contributed by atoms with Crippen molar-refractivity contribution in [1.29, 1.82) is 0 Å². The molecule has 1 rings (SSSR count). The maximum absolute atomic E-state index is 12.5. The quantitative estimate of drug-likeness (QED) is 0.672. The van der Waals surface area contributed by atoms with E-state index in [9.17, 15) is 8.42 Å². The van der Waals surface area contributed by atoms with Crippen LogP contribution in [0.25, 0.3) is 0 Å². The van der Waals surface area contributed by atoms with Crippen molar-refractivity contribution in [3.63, 3.8) is 0 Å². The van der Waals surface area contributed by atoms with E-state index in [0.29, 0.717) is 17.9 Å². The van der Waals surface area contributed by atoms with Gasteiger partial charge >= 0.3 is 0 Å². The average molecular weight is 320 g/mol. The lowest BCUT2D eigenvalue weighted by Crippen LogP contribution is -2.40. The Morgan fingerprint density at radius 2 is 2.00 bits per heavy atom. The molecule has 0 spiro atoms. The maximum atomic E-state index is 12.5. The first-order valence-electron chi connectivity index (χ1n) is 6.64. The standard InChI is InChI=1S/C12H24N4O2S2/c1-5-12(6-2,19-4)8-14-20(17,18)11-9(3)15-16-10(11)7-13/h14H,5-8,13H2,1-4H3,(H,15,16). The molecule has 0 aliphatic carbocycles. The molecular formula is C12H24N4O2S2. The van der Waals surface area contributed by atoms with Gasteiger partial charge in [0.2, 0.25) is 10.0 Å². The molecule has 0 saturated carbocycles. The molecule has 4 N–H and O–H groups in total. The predicted molar refractivity (Wildman–Crippen MR) is 83.2 cm³/mol. The molecule has 1 heterocycles. The molecule has 0 aromatic carbocycles. The zero-order valence-electron chi connectivity index (χ0n) is 12.5. The Hall–Kier alpha value is -0.570. The first kappa shape index (κ1) is 17.5. The Kier molecular flexibility index (Phi) is 6.06. The molecule has 0 radical (unpaired) electrons. The van der Waals surface area contributed by atoms with Crippen LogP contribution in [0.2, 0.25) is 0 Å². The van der Waals surface area contributed by atoms with Crippen molar-refractivity contribution >= 4 is 21.8 Å². The minimum Gasteiger partial charge on any atom is -0.325 e. The minimum absolute atomic E-state index is 0.0758. The van der Waals surface area contributed by atoms with Crippen molar-refractivity contribution in [2.75, 3.05) is 12.8 Å². The lowest BCUT2D eigenvalue weighted by atomic mass is 10.0. The topological polar surface area (TPSA) is 101 Å². The fourth-order valence-electron chi connectivity index (χ4n) is 2.12. The van der Waals surface area contributed by atoms with E-state index in [0.717, 1.165) is 12.8 Å². The summed E-state index contributed by atoms with van der Waals surface area (Å²) in [7, 11) is -3.59. The molecule has 0 fully saturated rings. The lowest BCUT2D eigenvalue weighted by Gasteiger charge is -2.29. The van der Waals surface area contributed by atoms with Crippen LogP contribution in [0.3, 0.4) is 0 Å². The third-order valence-corrected chi connectivity index (χ3v) is 6.92. The van der Waals surface area contributed by atoms with Gasteiger partial charge in [0.25, 0.3) is 0 Å². The Morgan fingerprint density at radius 3 is 2.45 bits per heavy atom. The summed E-state index contributed by atoms with van der Waals surface area (Å²) in [5.41, 5.74) is 6.43. The number of hydrogen-bond acceptors (Lipinski definition) is 5. The number of nitrogens with one attached hydrogen (secondary N) is 2. The number of thioether (sulfide) groups is 1. The molecule has 8 heteroatoms. The van der Waals surface area contributed by atoms with Gasteiger partial charge in [0.1, 0.15) is 4.90 Å². The van der Waals surface area contributed by atoms with Crippen LogP contribution in [0, 0.1) is 6.92 Å². The highest BCUT2D eigenvalue weighted by atomic mass is 32.2. The third-order valence-electron chi connectivity index (χ3n) is 3.73. The molecule has 116 valence electrons. The van der Waals surface area contributed by atoms with E-state index in [2.05, 4.69) is 28.8 Å². The number of nitrogens with zero attached hydrogens (tertiary/aromatic N) is 1. The zero-order valence-corrected chi connectivity index (χ0v) is 14.1. The van der Waals surface area contributed by atoms with Crippen LogP contribution in [-0.2, 0) is 16.6 Å². The summed E-state index contributed by atoms with van der Waals surface area (Å²) in [5.74, 6) is 0. The van der Waals surface area contributed by atoms with Crippen LogP contribution in [0.15, 0.2) is 4.90 Å². The summed E-state index contributed by atoms with van der Waals surface area (Å²) in [6.45, 7) is 6.32. The lowest BCUT2D eigenvalue weighted by molar-refractivity contribution is 0.521. The molecule has 0 amide bonds. The maximum Gasteiger partial charge on any atom is 0.244 e. The van der Waals surface area contributed by atoms with Crippen molar-refractivity contribution in [2.45, 2.75) is 49.8 Å². The molecule has 1 aromatic heterocycles. The van der Waals surface area contributed by atoms with Gasteiger partial charge in [0.15, 0.2) is 0 Å². The van der Waals surface area contributed by atoms with Crippen LogP contribution in [0.1, 0.15) is 38.1 Å². The highest BCUT2D eigenvalue weighted by molar-refractivity contribution is 8.00. The molecule has 0 aliphatic heterocycles. The minimum atomic E-state index is -3.59. The van der Waals surface area contributed by atoms with Crippen LogP contribution < -0.4 is 10.5 Å². The van der Waals surface area contributed by atoms with E-state index in [1.54, 1.807) is 18.7 Å². The monoisotopic (exact) mass is 320 g/mol. The van der Waals surface area contributed by atoms with E-state index >= 15 is 0 Å². The SMILES string of the molecule is CCC(CC)(CNS(=O)(=O)c1c(CN)n[nH]c1C)SC. The largest absolute Gasteiger partial charge is 0.325 e. The molecule has 0 saturated heterocycles.